The molecule has 3 rings (SSSR count). The summed E-state index contributed by atoms with van der Waals surface area (Å²) in [7, 11) is 0. The standard InChI is InChI=1S/C20H30N2O3S/c1-12(17-13(2)16-15(26-17)6-9-21-18(16)23)14-7-10-22(11-8-14)19(24)25-20(3,4)5/h12,14H,6-11H2,1-5H3,(H,21,23)/t12-/m1/s1. The molecule has 0 saturated carbocycles. The van der Waals surface area contributed by atoms with Crippen molar-refractivity contribution >= 4 is 23.3 Å². The molecule has 0 radical (unpaired) electrons. The molecule has 0 aliphatic carbocycles. The Balaban J connectivity index is 1.65. The first-order valence-electron chi connectivity index (χ1n) is 9.55. The fourth-order valence-corrected chi connectivity index (χ4v) is 5.45. The summed E-state index contributed by atoms with van der Waals surface area (Å²) < 4.78 is 5.49. The van der Waals surface area contributed by atoms with Crippen LogP contribution < -0.4 is 5.32 Å². The number of thiophene rings is 1. The van der Waals surface area contributed by atoms with Crippen LogP contribution in [0.15, 0.2) is 0 Å². The van der Waals surface area contributed by atoms with Gasteiger partial charge >= 0.3 is 6.09 Å². The lowest BCUT2D eigenvalue weighted by atomic mass is 9.83. The lowest BCUT2D eigenvalue weighted by Gasteiger charge is -2.35. The van der Waals surface area contributed by atoms with Crippen LogP contribution >= 0.6 is 11.3 Å². The molecule has 6 heteroatoms. The van der Waals surface area contributed by atoms with Crippen molar-refractivity contribution in [3.05, 3.63) is 20.9 Å². The van der Waals surface area contributed by atoms with Gasteiger partial charge in [-0.2, -0.15) is 0 Å². The normalized spacial score (nSPS) is 19.7. The van der Waals surface area contributed by atoms with E-state index in [1.54, 1.807) is 0 Å². The van der Waals surface area contributed by atoms with E-state index >= 15 is 0 Å². The molecule has 1 saturated heterocycles. The van der Waals surface area contributed by atoms with Crippen molar-refractivity contribution in [2.24, 2.45) is 5.92 Å². The molecule has 1 N–H and O–H groups in total. The molecular formula is C20H30N2O3S. The number of nitrogens with zero attached hydrogens (tertiary/aromatic N) is 1. The third kappa shape index (κ3) is 3.90. The van der Waals surface area contributed by atoms with Crippen LogP contribution in [0, 0.1) is 12.8 Å². The minimum absolute atomic E-state index is 0.0817. The molecule has 144 valence electrons. The van der Waals surface area contributed by atoms with Crippen LogP contribution in [0.3, 0.4) is 0 Å². The number of rotatable bonds is 2. The summed E-state index contributed by atoms with van der Waals surface area (Å²) >= 11 is 1.82. The Morgan fingerprint density at radius 1 is 1.31 bits per heavy atom. The van der Waals surface area contributed by atoms with E-state index in [-0.39, 0.29) is 12.0 Å². The summed E-state index contributed by atoms with van der Waals surface area (Å²) in [6, 6.07) is 0. The Labute approximate surface area is 160 Å². The molecule has 0 bridgehead atoms. The van der Waals surface area contributed by atoms with Gasteiger partial charge in [0.15, 0.2) is 0 Å². The van der Waals surface area contributed by atoms with E-state index in [1.807, 2.05) is 37.0 Å². The van der Waals surface area contributed by atoms with Crippen molar-refractivity contribution < 1.29 is 14.3 Å². The Kier molecular flexibility index (Phi) is 5.33. The summed E-state index contributed by atoms with van der Waals surface area (Å²) in [6.07, 6.45) is 2.70. The second kappa shape index (κ2) is 7.22. The van der Waals surface area contributed by atoms with E-state index in [4.69, 9.17) is 4.74 Å². The van der Waals surface area contributed by atoms with Gasteiger partial charge < -0.3 is 15.0 Å². The topological polar surface area (TPSA) is 58.6 Å². The predicted octanol–water partition coefficient (Wildman–Crippen LogP) is 4.09. The van der Waals surface area contributed by atoms with Crippen LogP contribution in [0.2, 0.25) is 0 Å². The fraction of sp³-hybridized carbons (Fsp3) is 0.700. The highest BCUT2D eigenvalue weighted by Crippen LogP contribution is 2.41. The highest BCUT2D eigenvalue weighted by atomic mass is 32.1. The van der Waals surface area contributed by atoms with Crippen molar-refractivity contribution in [3.63, 3.8) is 0 Å². The smallest absolute Gasteiger partial charge is 0.410 e. The maximum Gasteiger partial charge on any atom is 0.410 e. The number of carbonyl (C=O) groups is 2. The zero-order chi connectivity index (χ0) is 19.1. The summed E-state index contributed by atoms with van der Waals surface area (Å²) in [6.45, 7) is 12.3. The van der Waals surface area contributed by atoms with E-state index in [0.29, 0.717) is 11.8 Å². The van der Waals surface area contributed by atoms with Gasteiger partial charge in [0.25, 0.3) is 5.91 Å². The molecular weight excluding hydrogens is 348 g/mol. The number of fused-ring (bicyclic) bond motifs is 1. The van der Waals surface area contributed by atoms with Crippen LogP contribution in [0.1, 0.15) is 72.1 Å². The maximum atomic E-state index is 12.2. The minimum atomic E-state index is -0.449. The molecule has 2 aliphatic heterocycles. The van der Waals surface area contributed by atoms with Gasteiger partial charge in [-0.15, -0.1) is 11.3 Å². The minimum Gasteiger partial charge on any atom is -0.444 e. The molecule has 2 aliphatic rings. The number of hydrogen-bond acceptors (Lipinski definition) is 4. The van der Waals surface area contributed by atoms with Gasteiger partial charge in [-0.05, 0) is 64.4 Å². The van der Waals surface area contributed by atoms with Crippen molar-refractivity contribution in [3.8, 4) is 0 Å². The second-order valence-electron chi connectivity index (χ2n) is 8.49. The number of hydrogen-bond donors (Lipinski definition) is 1. The van der Waals surface area contributed by atoms with Crippen LogP contribution in [0.4, 0.5) is 4.79 Å². The monoisotopic (exact) mass is 378 g/mol. The van der Waals surface area contributed by atoms with E-state index in [1.165, 1.54) is 9.75 Å². The van der Waals surface area contributed by atoms with Crippen molar-refractivity contribution in [1.82, 2.24) is 10.2 Å². The number of carbonyl (C=O) groups excluding carboxylic acids is 2. The van der Waals surface area contributed by atoms with Gasteiger partial charge in [0.2, 0.25) is 0 Å². The number of ether oxygens (including phenoxy) is 1. The van der Waals surface area contributed by atoms with Crippen molar-refractivity contribution in [1.29, 1.82) is 0 Å². The van der Waals surface area contributed by atoms with Gasteiger partial charge in [0.05, 0.1) is 5.56 Å². The third-order valence-electron chi connectivity index (χ3n) is 5.43. The number of nitrogens with one attached hydrogen (secondary N) is 1. The summed E-state index contributed by atoms with van der Waals surface area (Å²) in [5.74, 6) is 1.04. The Morgan fingerprint density at radius 3 is 2.54 bits per heavy atom. The van der Waals surface area contributed by atoms with Crippen molar-refractivity contribution in [2.45, 2.75) is 65.4 Å². The highest BCUT2D eigenvalue weighted by molar-refractivity contribution is 7.12. The molecule has 1 aromatic rings. The first-order valence-corrected chi connectivity index (χ1v) is 10.4. The van der Waals surface area contributed by atoms with E-state index < -0.39 is 5.60 Å². The molecule has 0 spiro atoms. The van der Waals surface area contributed by atoms with E-state index in [2.05, 4.69) is 19.2 Å². The van der Waals surface area contributed by atoms with Crippen molar-refractivity contribution in [2.75, 3.05) is 19.6 Å². The number of likely N-dealkylation sites (tertiary alicyclic amines) is 1. The molecule has 5 nitrogen and oxygen atoms in total. The van der Waals surface area contributed by atoms with Gasteiger partial charge in [-0.1, -0.05) is 6.92 Å². The van der Waals surface area contributed by atoms with Gasteiger partial charge in [0, 0.05) is 29.4 Å². The Hall–Kier alpha value is -1.56. The largest absolute Gasteiger partial charge is 0.444 e. The number of amides is 2. The van der Waals surface area contributed by atoms with Crippen LogP contribution in [-0.2, 0) is 11.2 Å². The molecule has 0 aromatic carbocycles. The third-order valence-corrected chi connectivity index (χ3v) is 6.99. The summed E-state index contributed by atoms with van der Waals surface area (Å²) in [4.78, 5) is 28.8. The molecule has 3 heterocycles. The average Bonchev–Trinajstić information content (AvgIpc) is 2.91. The van der Waals surface area contributed by atoms with Gasteiger partial charge in [-0.25, -0.2) is 4.79 Å². The molecule has 1 fully saturated rings. The first-order chi connectivity index (χ1) is 12.2. The molecule has 0 unspecified atom stereocenters. The van der Waals surface area contributed by atoms with Gasteiger partial charge in [0.1, 0.15) is 5.60 Å². The SMILES string of the molecule is Cc1c([C@H](C)C2CCN(C(=O)OC(C)(C)C)CC2)sc2c1C(=O)NCC2. The summed E-state index contributed by atoms with van der Waals surface area (Å²) in [5, 5.41) is 2.96. The fourth-order valence-electron chi connectivity index (χ4n) is 4.00. The maximum absolute atomic E-state index is 12.2. The zero-order valence-electron chi connectivity index (χ0n) is 16.5. The van der Waals surface area contributed by atoms with E-state index in [9.17, 15) is 9.59 Å². The van der Waals surface area contributed by atoms with Gasteiger partial charge in [-0.3, -0.25) is 4.79 Å². The van der Waals surface area contributed by atoms with Crippen LogP contribution in [-0.4, -0.2) is 42.1 Å². The quantitative estimate of drug-likeness (QED) is 0.843. The van der Waals surface area contributed by atoms with Crippen LogP contribution in [0.25, 0.3) is 0 Å². The number of piperidine rings is 1. The molecule has 2 amide bonds. The van der Waals surface area contributed by atoms with E-state index in [0.717, 1.165) is 50.0 Å². The van der Waals surface area contributed by atoms with Crippen LogP contribution in [0.5, 0.6) is 0 Å². The lowest BCUT2D eigenvalue weighted by Crippen LogP contribution is -2.42. The zero-order valence-corrected chi connectivity index (χ0v) is 17.3. The second-order valence-corrected chi connectivity index (χ2v) is 9.63. The predicted molar refractivity (Wildman–Crippen MR) is 104 cm³/mol. The summed E-state index contributed by atoms with van der Waals surface area (Å²) in [5.41, 5.74) is 1.62. The Morgan fingerprint density at radius 2 is 1.96 bits per heavy atom. The first kappa shape index (κ1) is 19.2. The molecule has 1 atom stereocenters. The molecule has 26 heavy (non-hydrogen) atoms. The highest BCUT2D eigenvalue weighted by Gasteiger charge is 2.33. The average molecular weight is 379 g/mol. The Bertz CT molecular complexity index is 697. The lowest BCUT2D eigenvalue weighted by molar-refractivity contribution is 0.0176. The molecule has 1 aromatic heterocycles.